The summed E-state index contributed by atoms with van der Waals surface area (Å²) in [5.74, 6) is 1.33. The van der Waals surface area contributed by atoms with Crippen LogP contribution in [0.3, 0.4) is 0 Å². The van der Waals surface area contributed by atoms with Gasteiger partial charge in [-0.25, -0.2) is 9.18 Å². The number of hydrogen-bond acceptors (Lipinski definition) is 4. The second kappa shape index (κ2) is 11.4. The second-order valence-electron chi connectivity index (χ2n) is 9.81. The number of carbonyl (C=O) groups excluding carboxylic acids is 1. The maximum Gasteiger partial charge on any atom is 0.320 e. The Kier molecular flexibility index (Phi) is 7.84. The minimum atomic E-state index is -0.500. The largest absolute Gasteiger partial charge is 0.491 e. The van der Waals surface area contributed by atoms with Crippen molar-refractivity contribution in [2.45, 2.75) is 37.3 Å². The fraction of sp³-hybridized carbons (Fsp3) is 0.536. The van der Waals surface area contributed by atoms with E-state index in [0.717, 1.165) is 58.6 Å². The summed E-state index contributed by atoms with van der Waals surface area (Å²) in [6.45, 7) is 4.20. The maximum atomic E-state index is 13.3. The Bertz CT molecular complexity index is 967. The highest BCUT2D eigenvalue weighted by Gasteiger charge is 2.37. The molecular formula is C28H36FN3O3. The zero-order valence-corrected chi connectivity index (χ0v) is 20.3. The highest BCUT2D eigenvalue weighted by molar-refractivity contribution is 5.74. The van der Waals surface area contributed by atoms with Crippen LogP contribution in [0.15, 0.2) is 54.6 Å². The molecule has 2 amide bonds. The van der Waals surface area contributed by atoms with E-state index in [4.69, 9.17) is 9.47 Å². The topological polar surface area (TPSA) is 54.0 Å². The zero-order chi connectivity index (χ0) is 24.0. The molecule has 2 aromatic rings. The van der Waals surface area contributed by atoms with Gasteiger partial charge >= 0.3 is 6.03 Å². The third kappa shape index (κ3) is 5.62. The van der Waals surface area contributed by atoms with Gasteiger partial charge in [-0.3, -0.25) is 0 Å². The van der Waals surface area contributed by atoms with Crippen LogP contribution in [-0.2, 0) is 4.74 Å². The minimum absolute atomic E-state index is 0.0692. The first-order valence-electron chi connectivity index (χ1n) is 13.0. The number of carbonyl (C=O) groups is 1. The normalized spacial score (nSPS) is 24.0. The standard InChI is InChI=1S/C28H36FN3O3/c29-12-17-34-24-8-4-7-23(19-24)27(21-5-2-1-3-6-21)22-9-14-31(15-10-22)28(33)32-16-11-26-25(20-32)30-13-18-35-26/h1-8,19,22,25-27,30H,9-18,20H2/t25-,26+,27-/m1/s1. The molecule has 3 aliphatic rings. The number of morpholine rings is 1. The number of nitrogens with zero attached hydrogens (tertiary/aromatic N) is 2. The zero-order valence-electron chi connectivity index (χ0n) is 20.3. The number of fused-ring (bicyclic) bond motifs is 1. The number of halogens is 1. The first-order valence-corrected chi connectivity index (χ1v) is 13.0. The Hall–Kier alpha value is -2.64. The molecule has 1 N–H and O–H groups in total. The predicted octanol–water partition coefficient (Wildman–Crippen LogP) is 4.06. The van der Waals surface area contributed by atoms with Gasteiger partial charge in [0.15, 0.2) is 0 Å². The average molecular weight is 482 g/mol. The summed E-state index contributed by atoms with van der Waals surface area (Å²) in [5.41, 5.74) is 2.45. The molecule has 3 saturated heterocycles. The van der Waals surface area contributed by atoms with Gasteiger partial charge in [-0.2, -0.15) is 0 Å². The molecule has 0 bridgehead atoms. The number of piperidine rings is 2. The molecule has 0 saturated carbocycles. The molecule has 2 aromatic carbocycles. The number of ether oxygens (including phenoxy) is 2. The molecule has 3 aliphatic heterocycles. The molecule has 0 aromatic heterocycles. The number of benzene rings is 2. The third-order valence-corrected chi connectivity index (χ3v) is 7.66. The molecule has 0 aliphatic carbocycles. The van der Waals surface area contributed by atoms with Crippen molar-refractivity contribution in [3.63, 3.8) is 0 Å². The van der Waals surface area contributed by atoms with Crippen molar-refractivity contribution in [3.05, 3.63) is 65.7 Å². The van der Waals surface area contributed by atoms with Crippen LogP contribution < -0.4 is 10.1 Å². The monoisotopic (exact) mass is 481 g/mol. The fourth-order valence-corrected chi connectivity index (χ4v) is 5.93. The molecule has 6 nitrogen and oxygen atoms in total. The van der Waals surface area contributed by atoms with E-state index < -0.39 is 6.67 Å². The van der Waals surface area contributed by atoms with Crippen LogP contribution >= 0.6 is 0 Å². The Morgan fingerprint density at radius 1 is 1.03 bits per heavy atom. The SMILES string of the molecule is O=C(N1CCC([C@@H](c2ccccc2)c2cccc(OCCF)c2)CC1)N1CC[C@@H]2OCCN[C@@H]2C1. The third-order valence-electron chi connectivity index (χ3n) is 7.66. The summed E-state index contributed by atoms with van der Waals surface area (Å²) in [4.78, 5) is 17.4. The molecule has 7 heteroatoms. The summed E-state index contributed by atoms with van der Waals surface area (Å²) in [5, 5.41) is 3.52. The van der Waals surface area contributed by atoms with E-state index in [-0.39, 0.29) is 30.7 Å². The molecule has 35 heavy (non-hydrogen) atoms. The Morgan fingerprint density at radius 2 is 1.80 bits per heavy atom. The lowest BCUT2D eigenvalue weighted by atomic mass is 9.76. The van der Waals surface area contributed by atoms with Gasteiger partial charge < -0.3 is 24.6 Å². The van der Waals surface area contributed by atoms with Crippen molar-refractivity contribution >= 4 is 6.03 Å². The lowest BCUT2D eigenvalue weighted by Gasteiger charge is -2.44. The highest BCUT2D eigenvalue weighted by atomic mass is 19.1. The van der Waals surface area contributed by atoms with Crippen LogP contribution in [0, 0.1) is 5.92 Å². The molecule has 3 atom stereocenters. The molecule has 3 heterocycles. The van der Waals surface area contributed by atoms with Gasteiger partial charge in [0, 0.05) is 38.6 Å². The van der Waals surface area contributed by atoms with Gasteiger partial charge in [0.2, 0.25) is 0 Å². The van der Waals surface area contributed by atoms with Crippen LogP contribution in [0.1, 0.15) is 36.3 Å². The van der Waals surface area contributed by atoms with E-state index in [1.165, 1.54) is 11.1 Å². The number of hydrogen-bond donors (Lipinski definition) is 1. The van der Waals surface area contributed by atoms with E-state index in [1.807, 2.05) is 34.1 Å². The Morgan fingerprint density at radius 3 is 2.60 bits per heavy atom. The first-order chi connectivity index (χ1) is 17.2. The number of nitrogens with one attached hydrogen (secondary N) is 1. The average Bonchev–Trinajstić information content (AvgIpc) is 2.92. The van der Waals surface area contributed by atoms with Crippen molar-refractivity contribution in [1.29, 1.82) is 0 Å². The molecule has 5 rings (SSSR count). The van der Waals surface area contributed by atoms with Crippen molar-refractivity contribution in [3.8, 4) is 5.75 Å². The van der Waals surface area contributed by atoms with Gasteiger partial charge in [-0.15, -0.1) is 0 Å². The minimum Gasteiger partial charge on any atom is -0.491 e. The summed E-state index contributed by atoms with van der Waals surface area (Å²) >= 11 is 0. The number of alkyl halides is 1. The van der Waals surface area contributed by atoms with Crippen molar-refractivity contribution < 1.29 is 18.7 Å². The first kappa shape index (κ1) is 24.1. The van der Waals surface area contributed by atoms with Gasteiger partial charge in [0.25, 0.3) is 0 Å². The van der Waals surface area contributed by atoms with E-state index in [0.29, 0.717) is 11.7 Å². The van der Waals surface area contributed by atoms with Gasteiger partial charge in [0.1, 0.15) is 19.0 Å². The van der Waals surface area contributed by atoms with Gasteiger partial charge in [-0.1, -0.05) is 42.5 Å². The van der Waals surface area contributed by atoms with Crippen LogP contribution in [0.2, 0.25) is 0 Å². The summed E-state index contributed by atoms with van der Waals surface area (Å²) in [6, 6.07) is 19.0. The molecule has 3 fully saturated rings. The maximum absolute atomic E-state index is 13.3. The Labute approximate surface area is 207 Å². The molecule has 0 unspecified atom stereocenters. The molecule has 188 valence electrons. The molecule has 0 spiro atoms. The van der Waals surface area contributed by atoms with Crippen molar-refractivity contribution in [1.82, 2.24) is 15.1 Å². The Balaban J connectivity index is 1.26. The summed E-state index contributed by atoms with van der Waals surface area (Å²) in [6.07, 6.45) is 3.02. The molecular weight excluding hydrogens is 445 g/mol. The van der Waals surface area contributed by atoms with E-state index in [9.17, 15) is 9.18 Å². The number of rotatable bonds is 6. The number of likely N-dealkylation sites (tertiary alicyclic amines) is 2. The summed E-state index contributed by atoms with van der Waals surface area (Å²) < 4.78 is 24.1. The quantitative estimate of drug-likeness (QED) is 0.676. The van der Waals surface area contributed by atoms with Crippen LogP contribution in [-0.4, -0.2) is 80.6 Å². The van der Waals surface area contributed by atoms with Crippen LogP contribution in [0.25, 0.3) is 0 Å². The lowest BCUT2D eigenvalue weighted by Crippen LogP contribution is -2.61. The molecule has 0 radical (unpaired) electrons. The van der Waals surface area contributed by atoms with E-state index in [2.05, 4.69) is 35.6 Å². The van der Waals surface area contributed by atoms with E-state index >= 15 is 0 Å². The van der Waals surface area contributed by atoms with Gasteiger partial charge in [0.05, 0.1) is 18.8 Å². The predicted molar refractivity (Wildman–Crippen MR) is 134 cm³/mol. The highest BCUT2D eigenvalue weighted by Crippen LogP contribution is 2.39. The second-order valence-corrected chi connectivity index (χ2v) is 9.81. The van der Waals surface area contributed by atoms with E-state index in [1.54, 1.807) is 0 Å². The number of amides is 2. The number of urea groups is 1. The fourth-order valence-electron chi connectivity index (χ4n) is 5.93. The van der Waals surface area contributed by atoms with Crippen molar-refractivity contribution in [2.24, 2.45) is 5.92 Å². The smallest absolute Gasteiger partial charge is 0.320 e. The van der Waals surface area contributed by atoms with Gasteiger partial charge in [-0.05, 0) is 48.4 Å². The van der Waals surface area contributed by atoms with Crippen LogP contribution in [0.4, 0.5) is 9.18 Å². The lowest BCUT2D eigenvalue weighted by molar-refractivity contribution is -0.0383. The van der Waals surface area contributed by atoms with Crippen molar-refractivity contribution in [2.75, 3.05) is 52.6 Å². The van der Waals surface area contributed by atoms with Crippen LogP contribution in [0.5, 0.6) is 5.75 Å². The summed E-state index contributed by atoms with van der Waals surface area (Å²) in [7, 11) is 0.